The van der Waals surface area contributed by atoms with Gasteiger partial charge in [0.25, 0.3) is 5.91 Å². The van der Waals surface area contributed by atoms with Crippen LogP contribution in [0.1, 0.15) is 67.4 Å². The Labute approximate surface area is 280 Å². The zero-order chi connectivity index (χ0) is 32.9. The minimum atomic E-state index is -2.93. The first-order chi connectivity index (χ1) is 21.9. The number of likely N-dealkylation sites (N-methyl/N-ethyl adjacent to an activating group) is 1. The molecule has 46 heavy (non-hydrogen) atoms. The molecule has 4 aliphatic rings. The second-order valence-corrected chi connectivity index (χ2v) is 17.4. The third kappa shape index (κ3) is 6.23. The number of benzene rings is 2. The van der Waals surface area contributed by atoms with E-state index in [1.807, 2.05) is 32.2 Å². The van der Waals surface area contributed by atoms with Gasteiger partial charge in [-0.05, 0) is 125 Å². The molecular formula is C37H50ClN3O4S. The molecule has 2 aliphatic heterocycles. The SMILES string of the molecule is C=S1(=O)NC(=O)c2ccc3c(c2)N(C[C@@H]2CC[C@H]2[C@](CN(C)C)(OC)/C=C/C[C@H](C)[C@H]1C)C[C@@]1(CCCc2cc(Cl)ccc21)CO3. The van der Waals surface area contributed by atoms with E-state index in [1.54, 1.807) is 6.07 Å². The van der Waals surface area contributed by atoms with E-state index in [0.29, 0.717) is 30.4 Å². The average Bonchev–Trinajstić information content (AvgIpc) is 3.14. The van der Waals surface area contributed by atoms with Crippen LogP contribution in [0.25, 0.3) is 0 Å². The Kier molecular flexibility index (Phi) is 9.31. The predicted molar refractivity (Wildman–Crippen MR) is 190 cm³/mol. The second kappa shape index (κ2) is 12.8. The number of fused-ring (bicyclic) bond motifs is 4. The lowest BCUT2D eigenvalue weighted by Gasteiger charge is -2.51. The lowest BCUT2D eigenvalue weighted by molar-refractivity contribution is -0.0861. The van der Waals surface area contributed by atoms with Gasteiger partial charge in [0.05, 0.1) is 22.0 Å². The van der Waals surface area contributed by atoms with Gasteiger partial charge in [-0.2, -0.15) is 0 Å². The van der Waals surface area contributed by atoms with Gasteiger partial charge in [-0.1, -0.05) is 36.7 Å². The predicted octanol–water partition coefficient (Wildman–Crippen LogP) is 6.13. The number of allylic oxidation sites excluding steroid dienone is 1. The zero-order valence-electron chi connectivity index (χ0n) is 28.0. The van der Waals surface area contributed by atoms with Crippen molar-refractivity contribution in [3.05, 3.63) is 70.3 Å². The number of nitrogens with one attached hydrogen (secondary N) is 1. The van der Waals surface area contributed by atoms with Crippen LogP contribution in [0.3, 0.4) is 0 Å². The lowest BCUT2D eigenvalue weighted by atomic mass is 9.63. The highest BCUT2D eigenvalue weighted by atomic mass is 35.5. The van der Waals surface area contributed by atoms with Gasteiger partial charge in [0.2, 0.25) is 0 Å². The molecule has 2 aromatic rings. The third-order valence-electron chi connectivity index (χ3n) is 11.3. The van der Waals surface area contributed by atoms with E-state index < -0.39 is 15.3 Å². The maximum Gasteiger partial charge on any atom is 0.262 e. The smallest absolute Gasteiger partial charge is 0.262 e. The molecule has 9 heteroatoms. The van der Waals surface area contributed by atoms with Gasteiger partial charge in [0, 0.05) is 48.0 Å². The molecule has 1 spiro atoms. The molecular weight excluding hydrogens is 618 g/mol. The quantitative estimate of drug-likeness (QED) is 0.314. The van der Waals surface area contributed by atoms with Gasteiger partial charge < -0.3 is 19.3 Å². The minimum absolute atomic E-state index is 0.0425. The average molecular weight is 668 g/mol. The largest absolute Gasteiger partial charge is 0.490 e. The molecule has 1 unspecified atom stereocenters. The molecule has 2 aliphatic carbocycles. The molecule has 0 radical (unpaired) electrons. The number of hydrogen-bond acceptors (Lipinski definition) is 6. The Morgan fingerprint density at radius 2 is 2.00 bits per heavy atom. The maximum atomic E-state index is 13.9. The number of anilines is 1. The molecule has 250 valence electrons. The van der Waals surface area contributed by atoms with Crippen molar-refractivity contribution in [2.45, 2.75) is 68.6 Å². The molecule has 2 aromatic carbocycles. The van der Waals surface area contributed by atoms with Crippen molar-refractivity contribution in [3.8, 4) is 5.75 Å². The van der Waals surface area contributed by atoms with Gasteiger partial charge >= 0.3 is 0 Å². The summed E-state index contributed by atoms with van der Waals surface area (Å²) >= 11 is 6.47. The number of methoxy groups -OCH3 is 1. The Morgan fingerprint density at radius 1 is 1.20 bits per heavy atom. The lowest BCUT2D eigenvalue weighted by Crippen LogP contribution is -2.56. The number of halogens is 1. The number of rotatable bonds is 3. The molecule has 2 heterocycles. The molecule has 7 atom stereocenters. The van der Waals surface area contributed by atoms with Crippen LogP contribution in [-0.4, -0.2) is 79.2 Å². The van der Waals surface area contributed by atoms with Crippen molar-refractivity contribution in [2.75, 3.05) is 52.3 Å². The molecule has 0 aromatic heterocycles. The first kappa shape index (κ1) is 33.4. The molecule has 1 fully saturated rings. The highest BCUT2D eigenvalue weighted by Gasteiger charge is 2.49. The molecule has 1 N–H and O–H groups in total. The van der Waals surface area contributed by atoms with Crippen molar-refractivity contribution in [1.82, 2.24) is 9.62 Å². The van der Waals surface area contributed by atoms with Crippen LogP contribution in [0.5, 0.6) is 5.75 Å². The van der Waals surface area contributed by atoms with Gasteiger partial charge in [-0.15, -0.1) is 0 Å². The highest BCUT2D eigenvalue weighted by molar-refractivity contribution is 7.99. The van der Waals surface area contributed by atoms with Gasteiger partial charge in [0.15, 0.2) is 0 Å². The summed E-state index contributed by atoms with van der Waals surface area (Å²) in [5.74, 6) is 5.18. The van der Waals surface area contributed by atoms with Crippen molar-refractivity contribution in [1.29, 1.82) is 0 Å². The normalized spacial score (nSPS) is 35.3. The summed E-state index contributed by atoms with van der Waals surface area (Å²) in [6.45, 7) is 6.92. The summed E-state index contributed by atoms with van der Waals surface area (Å²) < 4.78 is 29.8. The number of ether oxygens (including phenoxy) is 2. The molecule has 2 bridgehead atoms. The number of aryl methyl sites for hydroxylation is 1. The zero-order valence-corrected chi connectivity index (χ0v) is 29.6. The van der Waals surface area contributed by atoms with Gasteiger partial charge in [-0.3, -0.25) is 9.52 Å². The minimum Gasteiger partial charge on any atom is -0.490 e. The number of hydrogen-bond donors (Lipinski definition) is 1. The Morgan fingerprint density at radius 3 is 2.72 bits per heavy atom. The first-order valence-electron chi connectivity index (χ1n) is 16.7. The van der Waals surface area contributed by atoms with Crippen molar-refractivity contribution < 1.29 is 18.5 Å². The summed E-state index contributed by atoms with van der Waals surface area (Å²) in [5, 5.41) is 0.443. The maximum absolute atomic E-state index is 13.9. The van der Waals surface area contributed by atoms with E-state index in [-0.39, 0.29) is 22.5 Å². The summed E-state index contributed by atoms with van der Waals surface area (Å²) in [6.07, 6.45) is 10.5. The summed E-state index contributed by atoms with van der Waals surface area (Å²) in [6, 6.07) is 11.9. The monoisotopic (exact) mass is 667 g/mol. The second-order valence-electron chi connectivity index (χ2n) is 14.6. The van der Waals surface area contributed by atoms with E-state index in [0.717, 1.165) is 68.2 Å². The van der Waals surface area contributed by atoms with E-state index >= 15 is 0 Å². The summed E-state index contributed by atoms with van der Waals surface area (Å²) in [5.41, 5.74) is 3.32. The molecule has 1 amide bonds. The number of amides is 1. The van der Waals surface area contributed by atoms with Crippen molar-refractivity contribution in [2.24, 2.45) is 17.8 Å². The Hall–Kier alpha value is -2.52. The fourth-order valence-corrected chi connectivity index (χ4v) is 10.1. The van der Waals surface area contributed by atoms with Gasteiger partial charge in [-0.25, -0.2) is 4.21 Å². The fraction of sp³-hybridized carbons (Fsp3) is 0.568. The van der Waals surface area contributed by atoms with Crippen LogP contribution in [0, 0.1) is 17.8 Å². The first-order valence-corrected chi connectivity index (χ1v) is 18.9. The fourth-order valence-electron chi connectivity index (χ4n) is 8.40. The van der Waals surface area contributed by atoms with E-state index in [9.17, 15) is 9.00 Å². The third-order valence-corrected chi connectivity index (χ3v) is 13.7. The summed E-state index contributed by atoms with van der Waals surface area (Å²) in [4.78, 5) is 18.3. The summed E-state index contributed by atoms with van der Waals surface area (Å²) in [7, 11) is 3.12. The van der Waals surface area contributed by atoms with Crippen LogP contribution in [0.2, 0.25) is 5.02 Å². The van der Waals surface area contributed by atoms with E-state index in [1.165, 1.54) is 11.1 Å². The van der Waals surface area contributed by atoms with E-state index in [2.05, 4.69) is 65.7 Å². The van der Waals surface area contributed by atoms with Crippen molar-refractivity contribution in [3.63, 3.8) is 0 Å². The molecule has 7 nitrogen and oxygen atoms in total. The highest BCUT2D eigenvalue weighted by Crippen LogP contribution is 2.49. The number of carbonyl (C=O) groups excluding carboxylic acids is 1. The van der Waals surface area contributed by atoms with Crippen LogP contribution in [0.4, 0.5) is 5.69 Å². The van der Waals surface area contributed by atoms with Crippen LogP contribution >= 0.6 is 11.6 Å². The van der Waals surface area contributed by atoms with Gasteiger partial charge in [0.1, 0.15) is 11.4 Å². The van der Waals surface area contributed by atoms with Crippen molar-refractivity contribution >= 4 is 38.8 Å². The topological polar surface area (TPSA) is 71.1 Å². The van der Waals surface area contributed by atoms with Crippen LogP contribution < -0.4 is 14.4 Å². The standard InChI is InChI=1S/C37H50ClN3O4S/c1-25-9-7-18-37(44-5,23-40(3)4)32-14-11-29(32)21-41-22-36(17-8-10-27-19-30(38)13-15-31(27)36)24-45-34-16-12-28(20-33(34)41)35(42)39-46(6,43)26(25)2/h7,12-13,15-16,18-20,25-26,29,32H,6,8-11,14,17,21-24H2,1-5H3,(H,39,42,43)/b18-7+/t25-,26+,29-,32+,36-,37-,46?/m0/s1. The van der Waals surface area contributed by atoms with E-state index in [4.69, 9.17) is 21.1 Å². The Balaban J connectivity index is 1.47. The molecule has 6 rings (SSSR count). The Bertz CT molecular complexity index is 1610. The number of nitrogens with zero attached hydrogens (tertiary/aromatic N) is 2. The molecule has 1 saturated carbocycles. The van der Waals surface area contributed by atoms with Crippen LogP contribution in [-0.2, 0) is 26.3 Å². The number of carbonyl (C=O) groups is 1. The molecule has 0 saturated heterocycles. The van der Waals surface area contributed by atoms with Crippen LogP contribution in [0.15, 0.2) is 48.6 Å².